The highest BCUT2D eigenvalue weighted by Gasteiger charge is 1.89. The van der Waals surface area contributed by atoms with E-state index < -0.39 is 0 Å². The van der Waals surface area contributed by atoms with Crippen molar-refractivity contribution < 1.29 is 0 Å². The lowest BCUT2D eigenvalue weighted by atomic mass is 10.2. The monoisotopic (exact) mass is 130 g/mol. The fourth-order valence-electron chi connectivity index (χ4n) is 0.551. The summed E-state index contributed by atoms with van der Waals surface area (Å²) in [6.07, 6.45) is 4.77. The van der Waals surface area contributed by atoms with Gasteiger partial charge in [-0.3, -0.25) is 0 Å². The number of thiocarbonyl (C=S) groups is 1. The van der Waals surface area contributed by atoms with Crippen molar-refractivity contribution in [2.45, 2.75) is 39.5 Å². The molecule has 0 aliphatic heterocycles. The van der Waals surface area contributed by atoms with Gasteiger partial charge < -0.3 is 0 Å². The number of rotatable bonds is 4. The highest BCUT2D eigenvalue weighted by Crippen LogP contribution is 1.99. The van der Waals surface area contributed by atoms with Gasteiger partial charge in [0.25, 0.3) is 0 Å². The molecular formula is C7H14S. The van der Waals surface area contributed by atoms with E-state index in [1.807, 2.05) is 0 Å². The predicted octanol–water partition coefficient (Wildman–Crippen LogP) is 2.96. The normalized spacial score (nSPS) is 9.25. The van der Waals surface area contributed by atoms with Crippen LogP contribution >= 0.6 is 12.2 Å². The summed E-state index contributed by atoms with van der Waals surface area (Å²) < 4.78 is 0. The molecule has 0 unspecified atom stereocenters. The quantitative estimate of drug-likeness (QED) is 0.527. The molecule has 0 aliphatic carbocycles. The number of hydrogen-bond donors (Lipinski definition) is 0. The molecule has 0 saturated heterocycles. The van der Waals surface area contributed by atoms with Gasteiger partial charge in [-0.05, 0) is 24.1 Å². The Morgan fingerprint density at radius 1 is 1.38 bits per heavy atom. The van der Waals surface area contributed by atoms with E-state index in [4.69, 9.17) is 12.2 Å². The molecule has 0 aliphatic rings. The Morgan fingerprint density at radius 3 is 2.38 bits per heavy atom. The van der Waals surface area contributed by atoms with E-state index in [2.05, 4.69) is 13.8 Å². The Bertz CT molecular complexity index is 66.8. The Kier molecular flexibility index (Phi) is 5.29. The van der Waals surface area contributed by atoms with Crippen molar-refractivity contribution in [3.05, 3.63) is 0 Å². The third-order valence-corrected chi connectivity index (χ3v) is 1.70. The molecule has 0 heterocycles. The van der Waals surface area contributed by atoms with E-state index >= 15 is 0 Å². The van der Waals surface area contributed by atoms with E-state index in [1.54, 1.807) is 0 Å². The molecule has 0 aromatic heterocycles. The summed E-state index contributed by atoms with van der Waals surface area (Å²) in [5.74, 6) is 0. The van der Waals surface area contributed by atoms with E-state index in [-0.39, 0.29) is 0 Å². The Hall–Kier alpha value is 0.0900. The lowest BCUT2D eigenvalue weighted by Gasteiger charge is -1.94. The molecule has 0 fully saturated rings. The van der Waals surface area contributed by atoms with Gasteiger partial charge in [-0.15, -0.1) is 0 Å². The van der Waals surface area contributed by atoms with Crippen molar-refractivity contribution in [2.75, 3.05) is 0 Å². The van der Waals surface area contributed by atoms with Gasteiger partial charge in [-0.25, -0.2) is 0 Å². The van der Waals surface area contributed by atoms with E-state index in [9.17, 15) is 0 Å². The fraction of sp³-hybridized carbons (Fsp3) is 0.857. The zero-order valence-corrected chi connectivity index (χ0v) is 6.55. The summed E-state index contributed by atoms with van der Waals surface area (Å²) >= 11 is 5.02. The second-order valence-electron chi connectivity index (χ2n) is 2.00. The van der Waals surface area contributed by atoms with E-state index in [0.29, 0.717) is 0 Å². The number of hydrogen-bond acceptors (Lipinski definition) is 1. The van der Waals surface area contributed by atoms with Gasteiger partial charge in [0.05, 0.1) is 0 Å². The lowest BCUT2D eigenvalue weighted by molar-refractivity contribution is 0.833. The molecule has 1 heteroatoms. The summed E-state index contributed by atoms with van der Waals surface area (Å²) in [5, 5.41) is 0. The lowest BCUT2D eigenvalue weighted by Crippen LogP contribution is -1.89. The molecule has 48 valence electrons. The molecule has 8 heavy (non-hydrogen) atoms. The second kappa shape index (κ2) is 5.23. The third-order valence-electron chi connectivity index (χ3n) is 1.20. The Labute approximate surface area is 57.3 Å². The minimum absolute atomic E-state index is 1.08. The van der Waals surface area contributed by atoms with Crippen LogP contribution in [0.15, 0.2) is 0 Å². The van der Waals surface area contributed by atoms with Crippen LogP contribution in [0.25, 0.3) is 0 Å². The smallest absolute Gasteiger partial charge is 0.00742 e. The van der Waals surface area contributed by atoms with Crippen LogP contribution in [-0.2, 0) is 0 Å². The van der Waals surface area contributed by atoms with Crippen LogP contribution in [0.4, 0.5) is 0 Å². The highest BCUT2D eigenvalue weighted by molar-refractivity contribution is 7.80. The maximum absolute atomic E-state index is 5.02. The molecule has 0 atom stereocenters. The van der Waals surface area contributed by atoms with Crippen molar-refractivity contribution in [2.24, 2.45) is 0 Å². The van der Waals surface area contributed by atoms with Gasteiger partial charge in [0.2, 0.25) is 0 Å². The second-order valence-corrected chi connectivity index (χ2v) is 2.57. The molecule has 0 nitrogen and oxygen atoms in total. The Morgan fingerprint density at radius 2 is 2.00 bits per heavy atom. The van der Waals surface area contributed by atoms with Crippen molar-refractivity contribution >= 4 is 17.1 Å². The SMILES string of the molecule is CCCCC(=S)CC. The summed E-state index contributed by atoms with van der Waals surface area (Å²) in [5.41, 5.74) is 0. The standard InChI is InChI=1S/C7H14S/c1-3-5-6-7(8)4-2/h3-6H2,1-2H3. The van der Waals surface area contributed by atoms with Crippen LogP contribution in [0, 0.1) is 0 Å². The average molecular weight is 130 g/mol. The van der Waals surface area contributed by atoms with Crippen LogP contribution in [-0.4, -0.2) is 4.86 Å². The fourth-order valence-corrected chi connectivity index (χ4v) is 0.695. The van der Waals surface area contributed by atoms with E-state index in [1.165, 1.54) is 17.7 Å². The van der Waals surface area contributed by atoms with Gasteiger partial charge in [-0.1, -0.05) is 32.5 Å². The molecule has 0 N–H and O–H groups in total. The van der Waals surface area contributed by atoms with Gasteiger partial charge in [0.1, 0.15) is 0 Å². The van der Waals surface area contributed by atoms with Crippen LogP contribution < -0.4 is 0 Å². The minimum Gasteiger partial charge on any atom is -0.0897 e. The Balaban J connectivity index is 2.99. The minimum atomic E-state index is 1.08. The molecule has 0 bridgehead atoms. The van der Waals surface area contributed by atoms with Crippen molar-refractivity contribution in [3.8, 4) is 0 Å². The molecule has 0 saturated carbocycles. The van der Waals surface area contributed by atoms with Crippen LogP contribution in [0.5, 0.6) is 0 Å². The molecular weight excluding hydrogens is 116 g/mol. The number of unbranched alkanes of at least 4 members (excludes halogenated alkanes) is 1. The first-order chi connectivity index (χ1) is 3.81. The molecule has 0 rings (SSSR count). The molecule has 0 radical (unpaired) electrons. The maximum Gasteiger partial charge on any atom is -0.00742 e. The first-order valence-electron chi connectivity index (χ1n) is 3.33. The highest BCUT2D eigenvalue weighted by atomic mass is 32.1. The zero-order valence-electron chi connectivity index (χ0n) is 5.74. The summed E-state index contributed by atoms with van der Waals surface area (Å²) in [6.45, 7) is 4.32. The van der Waals surface area contributed by atoms with Crippen LogP contribution in [0.2, 0.25) is 0 Å². The molecule has 0 amide bonds. The van der Waals surface area contributed by atoms with Crippen LogP contribution in [0.1, 0.15) is 39.5 Å². The summed E-state index contributed by atoms with van der Waals surface area (Å²) in [4.78, 5) is 1.23. The third kappa shape index (κ3) is 4.25. The van der Waals surface area contributed by atoms with Gasteiger partial charge in [-0.2, -0.15) is 0 Å². The van der Waals surface area contributed by atoms with Gasteiger partial charge in [0, 0.05) is 0 Å². The molecule has 0 aromatic rings. The predicted molar refractivity (Wildman–Crippen MR) is 42.4 cm³/mol. The van der Waals surface area contributed by atoms with Gasteiger partial charge in [0.15, 0.2) is 0 Å². The zero-order chi connectivity index (χ0) is 6.41. The molecule has 0 aromatic carbocycles. The maximum atomic E-state index is 5.02. The van der Waals surface area contributed by atoms with Crippen LogP contribution in [0.3, 0.4) is 0 Å². The summed E-state index contributed by atoms with van der Waals surface area (Å²) in [6, 6.07) is 0. The van der Waals surface area contributed by atoms with Crippen molar-refractivity contribution in [1.82, 2.24) is 0 Å². The topological polar surface area (TPSA) is 0 Å². The largest absolute Gasteiger partial charge is 0.0897 e. The first kappa shape index (κ1) is 8.09. The van der Waals surface area contributed by atoms with Crippen molar-refractivity contribution in [3.63, 3.8) is 0 Å². The van der Waals surface area contributed by atoms with Crippen molar-refractivity contribution in [1.29, 1.82) is 0 Å². The summed E-state index contributed by atoms with van der Waals surface area (Å²) in [7, 11) is 0. The molecule has 0 spiro atoms. The van der Waals surface area contributed by atoms with E-state index in [0.717, 1.165) is 12.8 Å². The van der Waals surface area contributed by atoms with Gasteiger partial charge >= 0.3 is 0 Å². The first-order valence-corrected chi connectivity index (χ1v) is 3.73. The average Bonchev–Trinajstić information content (AvgIpc) is 1.83.